The summed E-state index contributed by atoms with van der Waals surface area (Å²) in [7, 11) is -0.121. The molecule has 0 amide bonds. The van der Waals surface area contributed by atoms with Crippen LogP contribution in [0.15, 0.2) is 60.7 Å². The third-order valence-electron chi connectivity index (χ3n) is 2.32. The summed E-state index contributed by atoms with van der Waals surface area (Å²) in [5.74, 6) is 0. The van der Waals surface area contributed by atoms with E-state index in [1.54, 1.807) is 0 Å². The van der Waals surface area contributed by atoms with Gasteiger partial charge in [0, 0.05) is 0 Å². The molecule has 0 saturated heterocycles. The van der Waals surface area contributed by atoms with Crippen LogP contribution in [0, 0.1) is 0 Å². The van der Waals surface area contributed by atoms with Crippen molar-refractivity contribution in [2.45, 2.75) is 0 Å². The molecular formula is C13H14AsP. The monoisotopic (exact) mass is 276 g/mol. The van der Waals surface area contributed by atoms with Gasteiger partial charge in [0.1, 0.15) is 0 Å². The van der Waals surface area contributed by atoms with Crippen LogP contribution in [-0.4, -0.2) is 21.8 Å². The fourth-order valence-electron chi connectivity index (χ4n) is 1.58. The van der Waals surface area contributed by atoms with Gasteiger partial charge in [0.25, 0.3) is 0 Å². The van der Waals surface area contributed by atoms with E-state index in [1.807, 2.05) is 16.9 Å². The molecule has 0 aliphatic rings. The molecule has 0 aromatic heterocycles. The Balaban J connectivity index is 2.34. The van der Waals surface area contributed by atoms with Crippen molar-refractivity contribution < 1.29 is 0 Å². The van der Waals surface area contributed by atoms with Crippen molar-refractivity contribution in [2.24, 2.45) is 0 Å². The molecule has 1 atom stereocenters. The van der Waals surface area contributed by atoms with Gasteiger partial charge in [0.15, 0.2) is 0 Å². The van der Waals surface area contributed by atoms with Crippen LogP contribution in [0.2, 0.25) is 0 Å². The summed E-state index contributed by atoms with van der Waals surface area (Å²) < 4.78 is 0. The van der Waals surface area contributed by atoms with Gasteiger partial charge >= 0.3 is 101 Å². The standard InChI is InChI=1S/C13H14AsP/c14-11-15(12-7-3-1-4-8-12)13-9-5-2-6-10-13/h1-10H,11,14H2. The first-order valence-corrected chi connectivity index (χ1v) is 8.23. The molecule has 0 spiro atoms. The van der Waals surface area contributed by atoms with Crippen LogP contribution in [0.5, 0.6) is 0 Å². The van der Waals surface area contributed by atoms with E-state index in [0.29, 0.717) is 0 Å². The Bertz CT molecular complexity index is 360. The van der Waals surface area contributed by atoms with Gasteiger partial charge in [-0.15, -0.1) is 0 Å². The predicted octanol–water partition coefficient (Wildman–Crippen LogP) is 1.71. The third kappa shape index (κ3) is 2.71. The second kappa shape index (κ2) is 5.50. The Hall–Kier alpha value is -0.572. The molecule has 0 aliphatic heterocycles. The van der Waals surface area contributed by atoms with Crippen LogP contribution >= 0.6 is 7.92 Å². The zero-order valence-electron chi connectivity index (χ0n) is 8.51. The average Bonchev–Trinajstić information content (AvgIpc) is 2.33. The first-order chi connectivity index (χ1) is 7.42. The molecule has 1 unspecified atom stereocenters. The molecule has 2 heteroatoms. The van der Waals surface area contributed by atoms with Crippen LogP contribution in [-0.2, 0) is 0 Å². The Labute approximate surface area is 101 Å². The van der Waals surface area contributed by atoms with Gasteiger partial charge in [0.05, 0.1) is 0 Å². The van der Waals surface area contributed by atoms with Crippen molar-refractivity contribution in [1.29, 1.82) is 0 Å². The van der Waals surface area contributed by atoms with E-state index in [9.17, 15) is 0 Å². The quantitative estimate of drug-likeness (QED) is 0.591. The molecule has 0 nitrogen and oxygen atoms in total. The number of hydrogen-bond acceptors (Lipinski definition) is 0. The van der Waals surface area contributed by atoms with E-state index >= 15 is 0 Å². The Morgan fingerprint density at radius 1 is 0.733 bits per heavy atom. The summed E-state index contributed by atoms with van der Waals surface area (Å²) in [6.07, 6.45) is 0. The van der Waals surface area contributed by atoms with Crippen molar-refractivity contribution in [3.8, 4) is 0 Å². The van der Waals surface area contributed by atoms with Crippen molar-refractivity contribution in [1.82, 2.24) is 0 Å². The summed E-state index contributed by atoms with van der Waals surface area (Å²) >= 11 is 1.82. The van der Waals surface area contributed by atoms with Crippen LogP contribution in [0.1, 0.15) is 0 Å². The van der Waals surface area contributed by atoms with Crippen molar-refractivity contribution in [3.05, 3.63) is 60.7 Å². The van der Waals surface area contributed by atoms with E-state index in [2.05, 4.69) is 60.7 Å². The van der Waals surface area contributed by atoms with Gasteiger partial charge in [-0.3, -0.25) is 0 Å². The Morgan fingerprint density at radius 3 is 1.47 bits per heavy atom. The molecular weight excluding hydrogens is 262 g/mol. The first-order valence-electron chi connectivity index (χ1n) is 4.99. The first kappa shape index (κ1) is 10.9. The SMILES string of the molecule is [AsH2]CP(c1ccccc1)c1ccccc1. The summed E-state index contributed by atoms with van der Waals surface area (Å²) in [5.41, 5.74) is 0. The van der Waals surface area contributed by atoms with Gasteiger partial charge < -0.3 is 0 Å². The van der Waals surface area contributed by atoms with E-state index < -0.39 is 0 Å². The topological polar surface area (TPSA) is 0 Å². The molecule has 0 fully saturated rings. The van der Waals surface area contributed by atoms with E-state index in [0.717, 1.165) is 0 Å². The average molecular weight is 276 g/mol. The summed E-state index contributed by atoms with van der Waals surface area (Å²) in [5, 5.41) is 2.98. The predicted molar refractivity (Wildman–Crippen MR) is 72.5 cm³/mol. The maximum absolute atomic E-state index is 2.25. The molecule has 0 heterocycles. The molecule has 76 valence electrons. The zero-order chi connectivity index (χ0) is 10.5. The van der Waals surface area contributed by atoms with E-state index in [4.69, 9.17) is 0 Å². The van der Waals surface area contributed by atoms with Gasteiger partial charge in [-0.25, -0.2) is 0 Å². The molecule has 0 radical (unpaired) electrons. The molecule has 15 heavy (non-hydrogen) atoms. The van der Waals surface area contributed by atoms with E-state index in [1.165, 1.54) is 15.6 Å². The molecule has 2 aromatic carbocycles. The normalized spacial score (nSPS) is 10.5. The van der Waals surface area contributed by atoms with Crippen molar-refractivity contribution in [3.63, 3.8) is 0 Å². The summed E-state index contributed by atoms with van der Waals surface area (Å²) in [4.78, 5) is 1.27. The Kier molecular flexibility index (Phi) is 4.00. The molecule has 0 N–H and O–H groups in total. The number of benzene rings is 2. The van der Waals surface area contributed by atoms with E-state index in [-0.39, 0.29) is 7.92 Å². The fraction of sp³-hybridized carbons (Fsp3) is 0.0769. The minimum atomic E-state index is -0.121. The van der Waals surface area contributed by atoms with Crippen LogP contribution in [0.3, 0.4) is 0 Å². The maximum atomic E-state index is 2.25. The summed E-state index contributed by atoms with van der Waals surface area (Å²) in [6, 6.07) is 21.7. The molecule has 0 bridgehead atoms. The molecule has 0 aliphatic carbocycles. The number of rotatable bonds is 3. The molecule has 2 rings (SSSR count). The van der Waals surface area contributed by atoms with Crippen LogP contribution in [0.25, 0.3) is 0 Å². The van der Waals surface area contributed by atoms with Gasteiger partial charge in [0.2, 0.25) is 0 Å². The minimum absolute atomic E-state index is 0.121. The number of hydrogen-bond donors (Lipinski definition) is 0. The van der Waals surface area contributed by atoms with Gasteiger partial charge in [-0.2, -0.15) is 0 Å². The fourth-order valence-corrected chi connectivity index (χ4v) is 6.01. The van der Waals surface area contributed by atoms with Crippen LogP contribution in [0.4, 0.5) is 0 Å². The van der Waals surface area contributed by atoms with Crippen LogP contribution < -0.4 is 10.6 Å². The van der Waals surface area contributed by atoms with Crippen molar-refractivity contribution in [2.75, 3.05) is 4.95 Å². The second-order valence-electron chi connectivity index (χ2n) is 3.28. The molecule has 0 saturated carbocycles. The second-order valence-corrected chi connectivity index (χ2v) is 7.83. The van der Waals surface area contributed by atoms with Gasteiger partial charge in [-0.05, 0) is 0 Å². The Morgan fingerprint density at radius 2 is 1.13 bits per heavy atom. The zero-order valence-corrected chi connectivity index (χ0v) is 11.8. The third-order valence-corrected chi connectivity index (χ3v) is 6.82. The van der Waals surface area contributed by atoms with Crippen molar-refractivity contribution >= 4 is 35.4 Å². The summed E-state index contributed by atoms with van der Waals surface area (Å²) in [6.45, 7) is 0. The molecule has 2 aromatic rings. The van der Waals surface area contributed by atoms with Gasteiger partial charge in [-0.1, -0.05) is 0 Å².